The van der Waals surface area contributed by atoms with E-state index >= 15 is 0 Å². The number of likely N-dealkylation sites (N-methyl/N-ethyl adjacent to an activating group) is 1. The Bertz CT molecular complexity index is 1240. The topological polar surface area (TPSA) is 93.7 Å². The van der Waals surface area contributed by atoms with Crippen LogP contribution in [0.5, 0.6) is 5.75 Å². The van der Waals surface area contributed by atoms with E-state index in [9.17, 15) is 4.79 Å². The molecule has 0 saturated carbocycles. The van der Waals surface area contributed by atoms with Crippen LogP contribution in [0.25, 0.3) is 11.1 Å². The van der Waals surface area contributed by atoms with Gasteiger partial charge in [0.05, 0.1) is 0 Å². The number of nitrogens with zero attached hydrogens (tertiary/aromatic N) is 4. The molecule has 2 aliphatic rings. The highest BCUT2D eigenvalue weighted by Gasteiger charge is 2.56. The molecule has 32 heavy (non-hydrogen) atoms. The van der Waals surface area contributed by atoms with Crippen molar-refractivity contribution in [3.05, 3.63) is 77.9 Å². The number of nitrogens with two attached hydrogens (primary N) is 1. The predicted molar refractivity (Wildman–Crippen MR) is 122 cm³/mol. The second kappa shape index (κ2) is 7.15. The quantitative estimate of drug-likeness (QED) is 0.693. The van der Waals surface area contributed by atoms with Gasteiger partial charge in [0.1, 0.15) is 11.4 Å². The summed E-state index contributed by atoms with van der Waals surface area (Å²) in [5, 5.41) is 0. The lowest BCUT2D eigenvalue weighted by molar-refractivity contribution is -0.133. The van der Waals surface area contributed by atoms with Crippen LogP contribution in [-0.2, 0) is 16.8 Å². The summed E-state index contributed by atoms with van der Waals surface area (Å²) in [6.45, 7) is 4.01. The third kappa shape index (κ3) is 3.21. The summed E-state index contributed by atoms with van der Waals surface area (Å²) in [6.07, 6.45) is 6.30. The first-order valence-electron chi connectivity index (χ1n) is 10.6. The molecule has 7 heteroatoms. The fourth-order valence-electron chi connectivity index (χ4n) is 4.75. The maximum atomic E-state index is 13.5. The van der Waals surface area contributed by atoms with Gasteiger partial charge in [0.15, 0.2) is 11.5 Å². The van der Waals surface area contributed by atoms with Gasteiger partial charge in [0, 0.05) is 55.3 Å². The fourth-order valence-corrected chi connectivity index (χ4v) is 4.75. The van der Waals surface area contributed by atoms with E-state index in [2.05, 4.69) is 16.0 Å². The van der Waals surface area contributed by atoms with Gasteiger partial charge in [-0.1, -0.05) is 12.1 Å². The number of aromatic nitrogens is 2. The van der Waals surface area contributed by atoms with Gasteiger partial charge >= 0.3 is 0 Å². The first kappa shape index (κ1) is 20.2. The number of ether oxygens (including phenoxy) is 1. The molecule has 5 rings (SSSR count). The van der Waals surface area contributed by atoms with Crippen molar-refractivity contribution in [1.29, 1.82) is 0 Å². The van der Waals surface area contributed by atoms with E-state index in [1.165, 1.54) is 4.90 Å². The van der Waals surface area contributed by atoms with Gasteiger partial charge in [-0.15, -0.1) is 0 Å². The largest absolute Gasteiger partial charge is 0.487 e. The zero-order valence-corrected chi connectivity index (χ0v) is 18.4. The first-order chi connectivity index (χ1) is 15.3. The minimum absolute atomic E-state index is 0.147. The maximum Gasteiger partial charge on any atom is 0.261 e. The first-order valence-corrected chi connectivity index (χ1v) is 10.6. The number of aryl methyl sites for hydroxylation is 1. The van der Waals surface area contributed by atoms with Crippen LogP contribution in [0.1, 0.15) is 30.2 Å². The molecule has 1 unspecified atom stereocenters. The Morgan fingerprint density at radius 2 is 2.00 bits per heavy atom. The lowest BCUT2D eigenvalue weighted by Gasteiger charge is -2.43. The highest BCUT2D eigenvalue weighted by molar-refractivity contribution is 6.07. The van der Waals surface area contributed by atoms with E-state index in [0.717, 1.165) is 27.9 Å². The lowest BCUT2D eigenvalue weighted by atomic mass is 9.74. The Morgan fingerprint density at radius 3 is 2.69 bits per heavy atom. The Hall–Kier alpha value is -3.74. The third-order valence-electron chi connectivity index (χ3n) is 6.21. The normalized spacial score (nSPS) is 24.3. The molecule has 0 saturated heterocycles. The summed E-state index contributed by atoms with van der Waals surface area (Å²) < 4.78 is 6.51. The molecule has 7 nitrogen and oxygen atoms in total. The zero-order chi connectivity index (χ0) is 22.5. The van der Waals surface area contributed by atoms with E-state index in [-0.39, 0.29) is 11.9 Å². The molecule has 162 valence electrons. The molecule has 0 aliphatic carbocycles. The number of carbonyl (C=O) groups excluding carboxylic acids is 1. The number of amides is 1. The number of pyridine rings is 2. The van der Waals surface area contributed by atoms with Crippen molar-refractivity contribution in [2.75, 3.05) is 7.05 Å². The Morgan fingerprint density at radius 1 is 1.16 bits per heavy atom. The van der Waals surface area contributed by atoms with Gasteiger partial charge < -0.3 is 10.5 Å². The van der Waals surface area contributed by atoms with E-state index in [0.29, 0.717) is 18.6 Å². The summed E-state index contributed by atoms with van der Waals surface area (Å²) in [5.74, 6) is 0.705. The van der Waals surface area contributed by atoms with Crippen LogP contribution < -0.4 is 10.5 Å². The van der Waals surface area contributed by atoms with Gasteiger partial charge in [-0.25, -0.2) is 4.99 Å². The van der Waals surface area contributed by atoms with Crippen molar-refractivity contribution in [2.24, 2.45) is 10.7 Å². The average molecular weight is 428 g/mol. The third-order valence-corrected chi connectivity index (χ3v) is 6.21. The van der Waals surface area contributed by atoms with Crippen molar-refractivity contribution in [3.63, 3.8) is 0 Å². The highest BCUT2D eigenvalue weighted by Crippen LogP contribution is 2.50. The minimum Gasteiger partial charge on any atom is -0.487 e. The zero-order valence-electron chi connectivity index (χ0n) is 18.4. The van der Waals surface area contributed by atoms with Crippen LogP contribution in [0, 0.1) is 6.92 Å². The van der Waals surface area contributed by atoms with Crippen LogP contribution in [0.15, 0.2) is 66.0 Å². The molecule has 4 heterocycles. The summed E-state index contributed by atoms with van der Waals surface area (Å²) >= 11 is 0. The van der Waals surface area contributed by atoms with E-state index in [1.807, 2.05) is 62.6 Å². The predicted octanol–water partition coefficient (Wildman–Crippen LogP) is 3.22. The van der Waals surface area contributed by atoms with Crippen LogP contribution in [0.3, 0.4) is 0 Å². The minimum atomic E-state index is -1.14. The number of hydrogen-bond acceptors (Lipinski definition) is 6. The van der Waals surface area contributed by atoms with Gasteiger partial charge in [-0.05, 0) is 55.3 Å². The molecular weight excluding hydrogens is 402 g/mol. The molecule has 1 amide bonds. The summed E-state index contributed by atoms with van der Waals surface area (Å²) in [6, 6.07) is 13.8. The lowest BCUT2D eigenvalue weighted by Crippen LogP contribution is -2.51. The Labute approximate surface area is 187 Å². The van der Waals surface area contributed by atoms with Crippen molar-refractivity contribution < 1.29 is 9.53 Å². The summed E-state index contributed by atoms with van der Waals surface area (Å²) in [5.41, 5.74) is 8.93. The molecule has 1 spiro atoms. The Balaban J connectivity index is 1.65. The van der Waals surface area contributed by atoms with Crippen LogP contribution in [-0.4, -0.2) is 39.4 Å². The number of guanidine groups is 1. The van der Waals surface area contributed by atoms with Crippen molar-refractivity contribution in [3.8, 4) is 16.9 Å². The number of carbonyl (C=O) groups is 1. The van der Waals surface area contributed by atoms with Crippen molar-refractivity contribution in [1.82, 2.24) is 14.9 Å². The second-order valence-corrected chi connectivity index (χ2v) is 8.88. The van der Waals surface area contributed by atoms with Gasteiger partial charge in [0.2, 0.25) is 0 Å². The van der Waals surface area contributed by atoms with Gasteiger partial charge in [-0.2, -0.15) is 0 Å². The van der Waals surface area contributed by atoms with Crippen LogP contribution >= 0.6 is 0 Å². The molecule has 0 fully saturated rings. The Kier molecular flexibility index (Phi) is 4.51. The number of benzene rings is 1. The molecule has 3 aromatic rings. The molecule has 2 aliphatic heterocycles. The van der Waals surface area contributed by atoms with E-state index < -0.39 is 11.1 Å². The fraction of sp³-hybridized carbons (Fsp3) is 0.280. The SMILES string of the molecule is Cc1cncc(-c2ccc3c(c2)C2(C[C@@](C)(Cc4ccccn4)O3)N=C(N)N(C)C2=O)c1. The molecular formula is C25H25N5O2. The smallest absolute Gasteiger partial charge is 0.261 e. The summed E-state index contributed by atoms with van der Waals surface area (Å²) in [7, 11) is 1.66. The monoisotopic (exact) mass is 427 g/mol. The van der Waals surface area contributed by atoms with Crippen LogP contribution in [0.4, 0.5) is 0 Å². The van der Waals surface area contributed by atoms with Crippen molar-refractivity contribution >= 4 is 11.9 Å². The number of hydrogen-bond donors (Lipinski definition) is 1. The molecule has 0 bridgehead atoms. The standard InChI is InChI=1S/C25H25N5O2/c1-16-10-18(14-27-13-16)17-7-8-21-20(11-17)25(22(31)30(3)23(26)29-25)15-24(2,32-21)12-19-6-4-5-9-28-19/h4-11,13-14H,12,15H2,1-3H3,(H2,26,29)/t24-,25?/m1/s1. The summed E-state index contributed by atoms with van der Waals surface area (Å²) in [4.78, 5) is 28.5. The molecule has 0 radical (unpaired) electrons. The maximum absolute atomic E-state index is 13.5. The molecule has 1 aromatic carbocycles. The van der Waals surface area contributed by atoms with E-state index in [1.54, 1.807) is 13.2 Å². The molecule has 2 aromatic heterocycles. The molecule has 2 N–H and O–H groups in total. The average Bonchev–Trinajstić information content (AvgIpc) is 2.97. The van der Waals surface area contributed by atoms with Crippen molar-refractivity contribution in [2.45, 2.75) is 37.8 Å². The number of rotatable bonds is 3. The number of fused-ring (bicyclic) bond motifs is 2. The molecule has 2 atom stereocenters. The van der Waals surface area contributed by atoms with Crippen LogP contribution in [0.2, 0.25) is 0 Å². The van der Waals surface area contributed by atoms with Gasteiger partial charge in [-0.3, -0.25) is 19.7 Å². The highest BCUT2D eigenvalue weighted by atomic mass is 16.5. The number of aliphatic imine (C=N–C) groups is 1. The van der Waals surface area contributed by atoms with E-state index in [4.69, 9.17) is 15.5 Å². The second-order valence-electron chi connectivity index (χ2n) is 8.88. The van der Waals surface area contributed by atoms with Gasteiger partial charge in [0.25, 0.3) is 5.91 Å².